The lowest BCUT2D eigenvalue weighted by atomic mass is 9.95. The monoisotopic (exact) mass is 203 g/mol. The lowest BCUT2D eigenvalue weighted by Gasteiger charge is -2.13. The average Bonchev–Trinajstić information content (AvgIpc) is 2.99. The molecule has 82 valence electrons. The number of nitrogens with two attached hydrogens (primary N) is 1. The van der Waals surface area contributed by atoms with Crippen LogP contribution in [0.3, 0.4) is 0 Å². The first-order valence-corrected chi connectivity index (χ1v) is 5.99. The van der Waals surface area contributed by atoms with E-state index in [2.05, 4.69) is 32.0 Å². The highest BCUT2D eigenvalue weighted by molar-refractivity contribution is 5.33. The van der Waals surface area contributed by atoms with E-state index in [1.54, 1.807) is 0 Å². The summed E-state index contributed by atoms with van der Waals surface area (Å²) in [7, 11) is 0. The van der Waals surface area contributed by atoms with Crippen LogP contribution in [0.25, 0.3) is 0 Å². The molecule has 1 nitrogen and oxygen atoms in total. The molecule has 1 saturated carbocycles. The van der Waals surface area contributed by atoms with E-state index >= 15 is 0 Å². The summed E-state index contributed by atoms with van der Waals surface area (Å²) in [6.07, 6.45) is 5.01. The largest absolute Gasteiger partial charge is 0.327 e. The van der Waals surface area contributed by atoms with E-state index in [0.717, 1.165) is 18.8 Å². The Morgan fingerprint density at radius 3 is 2.40 bits per heavy atom. The van der Waals surface area contributed by atoms with E-state index in [1.807, 2.05) is 0 Å². The number of benzene rings is 1. The molecule has 0 heterocycles. The van der Waals surface area contributed by atoms with Gasteiger partial charge in [-0.05, 0) is 62.1 Å². The molecular formula is C14H21N. The van der Waals surface area contributed by atoms with Gasteiger partial charge in [0, 0.05) is 6.04 Å². The molecule has 1 fully saturated rings. The lowest BCUT2D eigenvalue weighted by Crippen LogP contribution is -2.23. The van der Waals surface area contributed by atoms with Crippen molar-refractivity contribution in [3.8, 4) is 0 Å². The second-order valence-electron chi connectivity index (χ2n) is 4.91. The second-order valence-corrected chi connectivity index (χ2v) is 4.91. The van der Waals surface area contributed by atoms with E-state index in [4.69, 9.17) is 5.73 Å². The molecule has 2 rings (SSSR count). The van der Waals surface area contributed by atoms with Gasteiger partial charge in [0.2, 0.25) is 0 Å². The zero-order valence-corrected chi connectivity index (χ0v) is 9.79. The van der Waals surface area contributed by atoms with Gasteiger partial charge in [0.15, 0.2) is 0 Å². The summed E-state index contributed by atoms with van der Waals surface area (Å²) in [5.41, 5.74) is 10.5. The topological polar surface area (TPSA) is 26.0 Å². The van der Waals surface area contributed by atoms with Crippen molar-refractivity contribution < 1.29 is 0 Å². The number of aryl methyl sites for hydroxylation is 2. The summed E-state index contributed by atoms with van der Waals surface area (Å²) in [6, 6.07) is 6.97. The van der Waals surface area contributed by atoms with Crippen LogP contribution in [-0.4, -0.2) is 6.04 Å². The molecule has 1 atom stereocenters. The molecule has 1 aliphatic rings. The van der Waals surface area contributed by atoms with Gasteiger partial charge in [-0.25, -0.2) is 0 Å². The first-order valence-electron chi connectivity index (χ1n) is 5.99. The van der Waals surface area contributed by atoms with E-state index in [9.17, 15) is 0 Å². The standard InChI is InChI=1S/C14H21N/c1-10-4-3-5-11(2)13(10)8-9-14(15)12-6-7-12/h3-5,12,14H,6-9,15H2,1-2H3. The Labute approximate surface area is 92.7 Å². The maximum Gasteiger partial charge on any atom is 0.00703 e. The molecule has 0 amide bonds. The number of hydrogen-bond donors (Lipinski definition) is 1. The first-order chi connectivity index (χ1) is 7.18. The third-order valence-electron chi connectivity index (χ3n) is 3.60. The fourth-order valence-electron chi connectivity index (χ4n) is 2.31. The summed E-state index contributed by atoms with van der Waals surface area (Å²) in [4.78, 5) is 0. The predicted octanol–water partition coefficient (Wildman–Crippen LogP) is 2.97. The Kier molecular flexibility index (Phi) is 3.11. The second kappa shape index (κ2) is 4.36. The van der Waals surface area contributed by atoms with Gasteiger partial charge >= 0.3 is 0 Å². The SMILES string of the molecule is Cc1cccc(C)c1CCC(N)C1CC1. The molecule has 1 aromatic rings. The Balaban J connectivity index is 1.97. The predicted molar refractivity (Wildman–Crippen MR) is 64.9 cm³/mol. The van der Waals surface area contributed by atoms with Crippen molar-refractivity contribution in [2.45, 2.75) is 45.6 Å². The molecule has 0 bridgehead atoms. The quantitative estimate of drug-likeness (QED) is 0.800. The van der Waals surface area contributed by atoms with E-state index in [0.29, 0.717) is 6.04 Å². The Morgan fingerprint density at radius 2 is 1.87 bits per heavy atom. The van der Waals surface area contributed by atoms with Gasteiger partial charge in [-0.15, -0.1) is 0 Å². The molecule has 1 aromatic carbocycles. The van der Waals surface area contributed by atoms with Crippen LogP contribution in [-0.2, 0) is 6.42 Å². The summed E-state index contributed by atoms with van der Waals surface area (Å²) in [5.74, 6) is 0.828. The van der Waals surface area contributed by atoms with Crippen LogP contribution in [0.4, 0.5) is 0 Å². The van der Waals surface area contributed by atoms with Crippen molar-refractivity contribution in [2.75, 3.05) is 0 Å². The van der Waals surface area contributed by atoms with Crippen LogP contribution in [0.15, 0.2) is 18.2 Å². The average molecular weight is 203 g/mol. The van der Waals surface area contributed by atoms with Crippen molar-refractivity contribution in [1.29, 1.82) is 0 Å². The van der Waals surface area contributed by atoms with Crippen LogP contribution in [0.1, 0.15) is 36.0 Å². The van der Waals surface area contributed by atoms with Gasteiger partial charge in [-0.2, -0.15) is 0 Å². The highest BCUT2D eigenvalue weighted by Gasteiger charge is 2.27. The van der Waals surface area contributed by atoms with Crippen molar-refractivity contribution in [3.63, 3.8) is 0 Å². The van der Waals surface area contributed by atoms with Crippen LogP contribution < -0.4 is 5.73 Å². The van der Waals surface area contributed by atoms with Crippen molar-refractivity contribution in [3.05, 3.63) is 34.9 Å². The van der Waals surface area contributed by atoms with E-state index in [1.165, 1.54) is 29.5 Å². The number of rotatable bonds is 4. The van der Waals surface area contributed by atoms with Crippen molar-refractivity contribution in [1.82, 2.24) is 0 Å². The maximum absolute atomic E-state index is 6.13. The van der Waals surface area contributed by atoms with Crippen molar-refractivity contribution >= 4 is 0 Å². The zero-order valence-electron chi connectivity index (χ0n) is 9.79. The third kappa shape index (κ3) is 2.60. The zero-order chi connectivity index (χ0) is 10.8. The van der Waals surface area contributed by atoms with Gasteiger partial charge in [0.05, 0.1) is 0 Å². The molecule has 0 spiro atoms. The van der Waals surface area contributed by atoms with Gasteiger partial charge < -0.3 is 5.73 Å². The third-order valence-corrected chi connectivity index (χ3v) is 3.60. The Bertz CT molecular complexity index is 319. The molecule has 15 heavy (non-hydrogen) atoms. The fourth-order valence-corrected chi connectivity index (χ4v) is 2.31. The van der Waals surface area contributed by atoms with E-state index in [-0.39, 0.29) is 0 Å². The van der Waals surface area contributed by atoms with Crippen LogP contribution in [0, 0.1) is 19.8 Å². The first kappa shape index (κ1) is 10.7. The number of hydrogen-bond acceptors (Lipinski definition) is 1. The van der Waals surface area contributed by atoms with Gasteiger partial charge in [-0.3, -0.25) is 0 Å². The van der Waals surface area contributed by atoms with Crippen molar-refractivity contribution in [2.24, 2.45) is 11.7 Å². The molecule has 1 heteroatoms. The molecule has 0 radical (unpaired) electrons. The Hall–Kier alpha value is -0.820. The molecule has 1 unspecified atom stereocenters. The smallest absolute Gasteiger partial charge is 0.00703 e. The molecule has 2 N–H and O–H groups in total. The van der Waals surface area contributed by atoms with Crippen LogP contribution in [0.2, 0.25) is 0 Å². The lowest BCUT2D eigenvalue weighted by molar-refractivity contribution is 0.549. The van der Waals surface area contributed by atoms with Gasteiger partial charge in [0.1, 0.15) is 0 Å². The normalized spacial score (nSPS) is 17.8. The van der Waals surface area contributed by atoms with Gasteiger partial charge in [-0.1, -0.05) is 18.2 Å². The molecule has 0 aliphatic heterocycles. The van der Waals surface area contributed by atoms with E-state index < -0.39 is 0 Å². The highest BCUT2D eigenvalue weighted by atomic mass is 14.7. The molecule has 0 saturated heterocycles. The molecule has 0 aromatic heterocycles. The van der Waals surface area contributed by atoms with Crippen LogP contribution >= 0.6 is 0 Å². The minimum atomic E-state index is 0.434. The maximum atomic E-state index is 6.13. The summed E-state index contributed by atoms with van der Waals surface area (Å²) < 4.78 is 0. The fraction of sp³-hybridized carbons (Fsp3) is 0.571. The van der Waals surface area contributed by atoms with Crippen LogP contribution in [0.5, 0.6) is 0 Å². The van der Waals surface area contributed by atoms with Gasteiger partial charge in [0.25, 0.3) is 0 Å². The summed E-state index contributed by atoms with van der Waals surface area (Å²) >= 11 is 0. The minimum absolute atomic E-state index is 0.434. The molecular weight excluding hydrogens is 182 g/mol. The Morgan fingerprint density at radius 1 is 1.27 bits per heavy atom. The summed E-state index contributed by atoms with van der Waals surface area (Å²) in [6.45, 7) is 4.40. The summed E-state index contributed by atoms with van der Waals surface area (Å²) in [5, 5.41) is 0. The highest BCUT2D eigenvalue weighted by Crippen LogP contribution is 2.33. The minimum Gasteiger partial charge on any atom is -0.327 e. The molecule has 1 aliphatic carbocycles.